The molecule has 0 aromatic heterocycles. The van der Waals surface area contributed by atoms with Crippen molar-refractivity contribution >= 4 is 41.7 Å². The van der Waals surface area contributed by atoms with E-state index in [-0.39, 0.29) is 24.0 Å². The summed E-state index contributed by atoms with van der Waals surface area (Å²) in [5.74, 6) is 3.94. The standard InChI is InChI=1S/C18H27N3OS.HI/c19-18(21-10-12-23-13-11-21)20-14-15-6-8-17(9-7-15)22-16-4-2-1-3-5-16;/h6-9,16H,1-5,10-14H2,(H2,19,20);1H. The maximum atomic E-state index is 6.09. The van der Waals surface area contributed by atoms with Crippen molar-refractivity contribution in [2.75, 3.05) is 24.6 Å². The predicted molar refractivity (Wildman–Crippen MR) is 114 cm³/mol. The highest BCUT2D eigenvalue weighted by atomic mass is 127. The van der Waals surface area contributed by atoms with Crippen LogP contribution in [0.5, 0.6) is 5.75 Å². The Morgan fingerprint density at radius 3 is 2.46 bits per heavy atom. The van der Waals surface area contributed by atoms with Crippen molar-refractivity contribution in [1.82, 2.24) is 4.90 Å². The van der Waals surface area contributed by atoms with Gasteiger partial charge in [-0.05, 0) is 43.4 Å². The molecule has 24 heavy (non-hydrogen) atoms. The maximum absolute atomic E-state index is 6.09. The molecule has 2 aliphatic rings. The molecule has 0 amide bonds. The lowest BCUT2D eigenvalue weighted by Crippen LogP contribution is -2.42. The Labute approximate surface area is 166 Å². The number of nitrogens with zero attached hydrogens (tertiary/aromatic N) is 2. The predicted octanol–water partition coefficient (Wildman–Crippen LogP) is 3.88. The second kappa shape index (κ2) is 10.4. The molecule has 1 aromatic carbocycles. The van der Waals surface area contributed by atoms with Crippen LogP contribution in [0.15, 0.2) is 29.3 Å². The molecule has 3 rings (SSSR count). The number of benzene rings is 1. The van der Waals surface area contributed by atoms with Gasteiger partial charge in [-0.25, -0.2) is 4.99 Å². The molecule has 1 aliphatic carbocycles. The van der Waals surface area contributed by atoms with Gasteiger partial charge in [0.25, 0.3) is 0 Å². The van der Waals surface area contributed by atoms with E-state index in [1.807, 2.05) is 11.8 Å². The Morgan fingerprint density at radius 2 is 1.79 bits per heavy atom. The summed E-state index contributed by atoms with van der Waals surface area (Å²) in [6.07, 6.45) is 6.74. The van der Waals surface area contributed by atoms with E-state index in [1.165, 1.54) is 37.7 Å². The minimum absolute atomic E-state index is 0. The van der Waals surface area contributed by atoms with Gasteiger partial charge in [-0.2, -0.15) is 11.8 Å². The lowest BCUT2D eigenvalue weighted by atomic mass is 9.98. The van der Waals surface area contributed by atoms with Crippen LogP contribution in [0.1, 0.15) is 37.7 Å². The van der Waals surface area contributed by atoms with Crippen LogP contribution in [-0.4, -0.2) is 41.6 Å². The van der Waals surface area contributed by atoms with Crippen LogP contribution in [0.3, 0.4) is 0 Å². The van der Waals surface area contributed by atoms with Gasteiger partial charge in [-0.3, -0.25) is 0 Å². The van der Waals surface area contributed by atoms with Crippen molar-refractivity contribution in [1.29, 1.82) is 0 Å². The molecule has 0 radical (unpaired) electrons. The first-order chi connectivity index (χ1) is 11.3. The van der Waals surface area contributed by atoms with E-state index < -0.39 is 0 Å². The zero-order valence-corrected chi connectivity index (χ0v) is 17.3. The number of nitrogens with two attached hydrogens (primary N) is 1. The van der Waals surface area contributed by atoms with E-state index in [9.17, 15) is 0 Å². The van der Waals surface area contributed by atoms with E-state index in [2.05, 4.69) is 34.2 Å². The highest BCUT2D eigenvalue weighted by molar-refractivity contribution is 14.0. The Balaban J connectivity index is 0.00000208. The van der Waals surface area contributed by atoms with Crippen molar-refractivity contribution in [3.8, 4) is 5.75 Å². The molecule has 1 saturated carbocycles. The molecule has 0 bridgehead atoms. The van der Waals surface area contributed by atoms with E-state index >= 15 is 0 Å². The molecule has 2 fully saturated rings. The average molecular weight is 461 g/mol. The third-order valence-corrected chi connectivity index (χ3v) is 5.48. The van der Waals surface area contributed by atoms with Crippen LogP contribution in [-0.2, 0) is 6.54 Å². The van der Waals surface area contributed by atoms with Gasteiger partial charge in [0.05, 0.1) is 12.6 Å². The summed E-state index contributed by atoms with van der Waals surface area (Å²) in [5.41, 5.74) is 7.27. The van der Waals surface area contributed by atoms with Crippen molar-refractivity contribution in [2.24, 2.45) is 10.7 Å². The topological polar surface area (TPSA) is 50.9 Å². The van der Waals surface area contributed by atoms with Crippen LogP contribution < -0.4 is 10.5 Å². The summed E-state index contributed by atoms with van der Waals surface area (Å²) in [4.78, 5) is 6.71. The van der Waals surface area contributed by atoms with Crippen LogP contribution >= 0.6 is 35.7 Å². The fourth-order valence-electron chi connectivity index (χ4n) is 3.11. The van der Waals surface area contributed by atoms with Gasteiger partial charge in [0, 0.05) is 24.6 Å². The van der Waals surface area contributed by atoms with Crippen LogP contribution in [0.4, 0.5) is 0 Å². The van der Waals surface area contributed by atoms with Gasteiger partial charge in [-0.1, -0.05) is 18.6 Å². The highest BCUT2D eigenvalue weighted by Gasteiger charge is 2.15. The Hall–Kier alpha value is -0.630. The summed E-state index contributed by atoms with van der Waals surface area (Å²) < 4.78 is 6.06. The molecule has 134 valence electrons. The second-order valence-corrected chi connectivity index (χ2v) is 7.52. The first-order valence-electron chi connectivity index (χ1n) is 8.69. The van der Waals surface area contributed by atoms with Gasteiger partial charge >= 0.3 is 0 Å². The number of guanidine groups is 1. The van der Waals surface area contributed by atoms with Crippen LogP contribution in [0, 0.1) is 0 Å². The molecule has 6 heteroatoms. The molecule has 1 saturated heterocycles. The summed E-state index contributed by atoms with van der Waals surface area (Å²) in [6.45, 7) is 2.65. The highest BCUT2D eigenvalue weighted by Crippen LogP contribution is 2.23. The van der Waals surface area contributed by atoms with Crippen LogP contribution in [0.2, 0.25) is 0 Å². The molecule has 4 nitrogen and oxygen atoms in total. The normalized spacial score (nSPS) is 19.7. The van der Waals surface area contributed by atoms with Crippen molar-refractivity contribution in [3.63, 3.8) is 0 Å². The van der Waals surface area contributed by atoms with E-state index in [0.717, 1.165) is 30.3 Å². The number of ether oxygens (including phenoxy) is 1. The van der Waals surface area contributed by atoms with Gasteiger partial charge < -0.3 is 15.4 Å². The van der Waals surface area contributed by atoms with Gasteiger partial charge in [0.2, 0.25) is 0 Å². The zero-order valence-electron chi connectivity index (χ0n) is 14.2. The lowest BCUT2D eigenvalue weighted by molar-refractivity contribution is 0.155. The molecule has 1 heterocycles. The first-order valence-corrected chi connectivity index (χ1v) is 9.85. The minimum atomic E-state index is 0. The van der Waals surface area contributed by atoms with E-state index in [0.29, 0.717) is 18.6 Å². The Morgan fingerprint density at radius 1 is 1.12 bits per heavy atom. The number of hydrogen-bond acceptors (Lipinski definition) is 3. The summed E-state index contributed by atoms with van der Waals surface area (Å²) in [6, 6.07) is 8.32. The molecular weight excluding hydrogens is 433 g/mol. The van der Waals surface area contributed by atoms with Gasteiger partial charge in [0.1, 0.15) is 5.75 Å². The Kier molecular flexibility index (Phi) is 8.52. The molecule has 0 unspecified atom stereocenters. The number of halogens is 1. The summed E-state index contributed by atoms with van der Waals surface area (Å²) in [5, 5.41) is 0. The third-order valence-electron chi connectivity index (χ3n) is 4.54. The Bertz CT molecular complexity index is 512. The molecule has 0 spiro atoms. The smallest absolute Gasteiger partial charge is 0.191 e. The fraction of sp³-hybridized carbons (Fsp3) is 0.611. The van der Waals surface area contributed by atoms with Gasteiger partial charge in [-0.15, -0.1) is 24.0 Å². The van der Waals surface area contributed by atoms with Gasteiger partial charge in [0.15, 0.2) is 5.96 Å². The largest absolute Gasteiger partial charge is 0.490 e. The third kappa shape index (κ3) is 6.02. The lowest BCUT2D eigenvalue weighted by Gasteiger charge is -2.27. The summed E-state index contributed by atoms with van der Waals surface area (Å²) >= 11 is 1.98. The molecule has 1 aromatic rings. The zero-order chi connectivity index (χ0) is 15.9. The van der Waals surface area contributed by atoms with Crippen molar-refractivity contribution in [2.45, 2.75) is 44.8 Å². The van der Waals surface area contributed by atoms with Crippen molar-refractivity contribution in [3.05, 3.63) is 29.8 Å². The number of aliphatic imine (C=N–C) groups is 1. The minimum Gasteiger partial charge on any atom is -0.490 e. The van der Waals surface area contributed by atoms with E-state index in [1.54, 1.807) is 0 Å². The fourth-order valence-corrected chi connectivity index (χ4v) is 4.02. The monoisotopic (exact) mass is 461 g/mol. The van der Waals surface area contributed by atoms with Crippen LogP contribution in [0.25, 0.3) is 0 Å². The van der Waals surface area contributed by atoms with E-state index in [4.69, 9.17) is 10.5 Å². The number of thioether (sulfide) groups is 1. The first kappa shape index (κ1) is 19.7. The second-order valence-electron chi connectivity index (χ2n) is 6.30. The maximum Gasteiger partial charge on any atom is 0.191 e. The quantitative estimate of drug-likeness (QED) is 0.420. The molecular formula is C18H28IN3OS. The average Bonchev–Trinajstić information content (AvgIpc) is 2.62. The molecule has 0 atom stereocenters. The SMILES string of the molecule is I.NC(=NCc1ccc(OC2CCCCC2)cc1)N1CCSCC1. The number of hydrogen-bond donors (Lipinski definition) is 1. The molecule has 1 aliphatic heterocycles. The number of rotatable bonds is 4. The molecule has 2 N–H and O–H groups in total. The summed E-state index contributed by atoms with van der Waals surface area (Å²) in [7, 11) is 0. The van der Waals surface area contributed by atoms with Crippen molar-refractivity contribution < 1.29 is 4.74 Å².